The van der Waals surface area contributed by atoms with Crippen LogP contribution in [-0.4, -0.2) is 37.8 Å². The Balaban J connectivity index is 2.95. The highest BCUT2D eigenvalue weighted by Crippen LogP contribution is 2.27. The third-order valence-electron chi connectivity index (χ3n) is 3.31. The topological polar surface area (TPSA) is 66.5 Å². The lowest BCUT2D eigenvalue weighted by Crippen LogP contribution is -2.43. The second-order valence-corrected chi connectivity index (χ2v) is 8.01. The summed E-state index contributed by atoms with van der Waals surface area (Å²) >= 11 is 11.8. The maximum atomic E-state index is 12.7. The van der Waals surface area contributed by atoms with E-state index in [4.69, 9.17) is 23.2 Å². The summed E-state index contributed by atoms with van der Waals surface area (Å²) in [6.07, 6.45) is 1.78. The van der Waals surface area contributed by atoms with Gasteiger partial charge >= 0.3 is 0 Å². The molecule has 0 bridgehead atoms. The van der Waals surface area contributed by atoms with Gasteiger partial charge in [-0.25, -0.2) is 8.42 Å². The molecule has 0 saturated carbocycles. The summed E-state index contributed by atoms with van der Waals surface area (Å²) in [5, 5.41) is 3.14. The molecule has 5 nitrogen and oxygen atoms in total. The van der Waals surface area contributed by atoms with E-state index >= 15 is 0 Å². The van der Waals surface area contributed by atoms with E-state index in [9.17, 15) is 13.2 Å². The fourth-order valence-corrected chi connectivity index (χ4v) is 4.31. The van der Waals surface area contributed by atoms with Crippen molar-refractivity contribution in [1.82, 2.24) is 9.62 Å². The van der Waals surface area contributed by atoms with Crippen molar-refractivity contribution < 1.29 is 13.2 Å². The van der Waals surface area contributed by atoms with E-state index < -0.39 is 10.0 Å². The lowest BCUT2D eigenvalue weighted by Gasteiger charge is -2.22. The minimum absolute atomic E-state index is 0.00340. The minimum atomic E-state index is -3.89. The second-order valence-electron chi connectivity index (χ2n) is 5.26. The van der Waals surface area contributed by atoms with Gasteiger partial charge in [0.15, 0.2) is 0 Å². The van der Waals surface area contributed by atoms with Gasteiger partial charge in [0.1, 0.15) is 4.90 Å². The van der Waals surface area contributed by atoms with E-state index in [1.807, 2.05) is 13.8 Å². The normalized spacial score (nSPS) is 13.1. The van der Waals surface area contributed by atoms with Crippen molar-refractivity contribution in [3.63, 3.8) is 0 Å². The maximum Gasteiger partial charge on any atom is 0.245 e. The van der Waals surface area contributed by atoms with Crippen LogP contribution in [0.1, 0.15) is 33.6 Å². The van der Waals surface area contributed by atoms with E-state index in [1.165, 1.54) is 18.2 Å². The molecule has 1 aromatic carbocycles. The minimum Gasteiger partial charge on any atom is -0.353 e. The molecule has 0 saturated heterocycles. The highest BCUT2D eigenvalue weighted by molar-refractivity contribution is 7.89. The van der Waals surface area contributed by atoms with E-state index in [-0.39, 0.29) is 40.0 Å². The van der Waals surface area contributed by atoms with Crippen LogP contribution in [0.3, 0.4) is 0 Å². The molecule has 1 aromatic rings. The summed E-state index contributed by atoms with van der Waals surface area (Å²) in [6, 6.07) is 4.23. The van der Waals surface area contributed by atoms with E-state index in [1.54, 1.807) is 6.92 Å². The molecule has 0 aliphatic carbocycles. The van der Waals surface area contributed by atoms with Gasteiger partial charge in [-0.15, -0.1) is 0 Å². The van der Waals surface area contributed by atoms with Crippen LogP contribution >= 0.6 is 23.2 Å². The molecule has 1 N–H and O–H groups in total. The first-order chi connectivity index (χ1) is 10.7. The Morgan fingerprint density at radius 1 is 1.30 bits per heavy atom. The zero-order valence-electron chi connectivity index (χ0n) is 13.5. The van der Waals surface area contributed by atoms with Crippen LogP contribution in [0, 0.1) is 0 Å². The van der Waals surface area contributed by atoms with Crippen molar-refractivity contribution in [1.29, 1.82) is 0 Å². The molecule has 1 amide bonds. The van der Waals surface area contributed by atoms with Crippen LogP contribution in [-0.2, 0) is 14.8 Å². The van der Waals surface area contributed by atoms with Crippen LogP contribution in [0.5, 0.6) is 0 Å². The molecular weight excluding hydrogens is 359 g/mol. The Morgan fingerprint density at radius 3 is 2.52 bits per heavy atom. The Morgan fingerprint density at radius 2 is 1.96 bits per heavy atom. The van der Waals surface area contributed by atoms with Crippen molar-refractivity contribution in [2.24, 2.45) is 0 Å². The zero-order chi connectivity index (χ0) is 17.6. The van der Waals surface area contributed by atoms with Crippen LogP contribution < -0.4 is 5.32 Å². The molecule has 23 heavy (non-hydrogen) atoms. The van der Waals surface area contributed by atoms with Gasteiger partial charge in [0.05, 0.1) is 11.6 Å². The van der Waals surface area contributed by atoms with Gasteiger partial charge in [0, 0.05) is 17.6 Å². The monoisotopic (exact) mass is 380 g/mol. The number of benzene rings is 1. The van der Waals surface area contributed by atoms with Crippen molar-refractivity contribution in [2.75, 3.05) is 13.1 Å². The molecule has 130 valence electrons. The number of carbonyl (C=O) groups is 1. The summed E-state index contributed by atoms with van der Waals surface area (Å²) in [6.45, 7) is 5.47. The van der Waals surface area contributed by atoms with Gasteiger partial charge < -0.3 is 5.32 Å². The first kappa shape index (κ1) is 20.2. The Kier molecular flexibility index (Phi) is 7.80. The second kappa shape index (κ2) is 8.87. The Bertz CT molecular complexity index is 650. The van der Waals surface area contributed by atoms with E-state index in [0.29, 0.717) is 0 Å². The molecule has 0 heterocycles. The predicted molar refractivity (Wildman–Crippen MR) is 93.4 cm³/mol. The predicted octanol–water partition coefficient (Wildman–Crippen LogP) is 3.31. The molecule has 0 aliphatic heterocycles. The molecular formula is C15H22Cl2N2O3S. The number of rotatable bonds is 8. The summed E-state index contributed by atoms with van der Waals surface area (Å²) in [7, 11) is -3.89. The van der Waals surface area contributed by atoms with E-state index in [2.05, 4.69) is 5.32 Å². The molecule has 1 unspecified atom stereocenters. The van der Waals surface area contributed by atoms with Crippen molar-refractivity contribution >= 4 is 39.1 Å². The summed E-state index contributed by atoms with van der Waals surface area (Å²) in [4.78, 5) is 12.0. The Hall–Kier alpha value is -0.820. The van der Waals surface area contributed by atoms with E-state index in [0.717, 1.165) is 17.1 Å². The van der Waals surface area contributed by atoms with Crippen molar-refractivity contribution in [2.45, 2.75) is 44.6 Å². The Labute approximate surface area is 148 Å². The molecule has 1 rings (SSSR count). The number of sulfonamides is 1. The van der Waals surface area contributed by atoms with Crippen LogP contribution in [0.2, 0.25) is 10.0 Å². The highest BCUT2D eigenvalue weighted by atomic mass is 35.5. The number of halogens is 2. The van der Waals surface area contributed by atoms with Crippen LogP contribution in [0.25, 0.3) is 0 Å². The van der Waals surface area contributed by atoms with Gasteiger partial charge in [-0.3, -0.25) is 4.79 Å². The first-order valence-corrected chi connectivity index (χ1v) is 9.66. The largest absolute Gasteiger partial charge is 0.353 e. The molecule has 0 aliphatic rings. The number of likely N-dealkylation sites (N-methyl/N-ethyl adjacent to an activating group) is 1. The van der Waals surface area contributed by atoms with Gasteiger partial charge in [-0.1, -0.05) is 43.5 Å². The molecule has 0 spiro atoms. The average molecular weight is 381 g/mol. The summed E-state index contributed by atoms with van der Waals surface area (Å²) in [5.41, 5.74) is 0. The van der Waals surface area contributed by atoms with Crippen molar-refractivity contribution in [3.05, 3.63) is 28.2 Å². The number of carbonyl (C=O) groups excluding carboxylic acids is 1. The third kappa shape index (κ3) is 5.64. The lowest BCUT2D eigenvalue weighted by atomic mass is 10.2. The SMILES string of the molecule is CCCC(C)NC(=O)CN(CC)S(=O)(=O)c1cc(Cl)ccc1Cl. The van der Waals surface area contributed by atoms with Crippen LogP contribution in [0.4, 0.5) is 0 Å². The smallest absolute Gasteiger partial charge is 0.245 e. The molecule has 0 radical (unpaired) electrons. The fraction of sp³-hybridized carbons (Fsp3) is 0.533. The fourth-order valence-electron chi connectivity index (χ4n) is 2.17. The lowest BCUT2D eigenvalue weighted by molar-refractivity contribution is -0.121. The number of amides is 1. The van der Waals surface area contributed by atoms with Gasteiger partial charge in [-0.2, -0.15) is 4.31 Å². The summed E-state index contributed by atoms with van der Waals surface area (Å²) in [5.74, 6) is -0.338. The number of nitrogens with zero attached hydrogens (tertiary/aromatic N) is 1. The maximum absolute atomic E-state index is 12.7. The first-order valence-electron chi connectivity index (χ1n) is 7.46. The number of hydrogen-bond donors (Lipinski definition) is 1. The van der Waals surface area contributed by atoms with Crippen molar-refractivity contribution in [3.8, 4) is 0 Å². The standard InChI is InChI=1S/C15H22Cl2N2O3S/c1-4-6-11(3)18-15(20)10-19(5-2)23(21,22)14-9-12(16)7-8-13(14)17/h7-9,11H,4-6,10H2,1-3H3,(H,18,20). The highest BCUT2D eigenvalue weighted by Gasteiger charge is 2.28. The molecule has 0 aromatic heterocycles. The third-order valence-corrected chi connectivity index (χ3v) is 5.95. The number of hydrogen-bond acceptors (Lipinski definition) is 3. The molecule has 1 atom stereocenters. The number of nitrogens with one attached hydrogen (secondary N) is 1. The van der Waals surface area contributed by atoms with Gasteiger partial charge in [-0.05, 0) is 31.5 Å². The van der Waals surface area contributed by atoms with Gasteiger partial charge in [0.2, 0.25) is 15.9 Å². The summed E-state index contributed by atoms with van der Waals surface area (Å²) < 4.78 is 26.5. The van der Waals surface area contributed by atoms with Crippen LogP contribution in [0.15, 0.2) is 23.1 Å². The zero-order valence-corrected chi connectivity index (χ0v) is 15.8. The average Bonchev–Trinajstić information content (AvgIpc) is 2.47. The van der Waals surface area contributed by atoms with Gasteiger partial charge in [0.25, 0.3) is 0 Å². The quantitative estimate of drug-likeness (QED) is 0.751. The molecule has 8 heteroatoms. The molecule has 0 fully saturated rings.